The third kappa shape index (κ3) is 4.00. The van der Waals surface area contributed by atoms with E-state index in [4.69, 9.17) is 10.5 Å². The Kier molecular flexibility index (Phi) is 5.02. The van der Waals surface area contributed by atoms with Crippen LogP contribution in [0.1, 0.15) is 31.7 Å². The number of hydrogen-bond acceptors (Lipinski definition) is 3. The minimum absolute atomic E-state index is 0.613. The largest absolute Gasteiger partial charge is 0.493 e. The van der Waals surface area contributed by atoms with Crippen molar-refractivity contribution in [3.63, 3.8) is 0 Å². The van der Waals surface area contributed by atoms with Gasteiger partial charge in [0.2, 0.25) is 0 Å². The van der Waals surface area contributed by atoms with Crippen molar-refractivity contribution in [1.82, 2.24) is 5.32 Å². The van der Waals surface area contributed by atoms with Gasteiger partial charge in [0.1, 0.15) is 5.75 Å². The first kappa shape index (κ1) is 13.4. The fourth-order valence-electron chi connectivity index (χ4n) is 2.09. The molecule has 0 saturated heterocycles. The van der Waals surface area contributed by atoms with E-state index in [0.29, 0.717) is 19.2 Å². The Hall–Kier alpha value is -1.06. The Morgan fingerprint density at radius 3 is 2.89 bits per heavy atom. The Balaban J connectivity index is 1.85. The lowest BCUT2D eigenvalue weighted by atomic mass is 10.1. The Bertz CT molecular complexity index is 363. The summed E-state index contributed by atoms with van der Waals surface area (Å²) < 4.78 is 5.77. The van der Waals surface area contributed by atoms with Gasteiger partial charge in [-0.05, 0) is 44.7 Å². The number of rotatable bonds is 8. The van der Waals surface area contributed by atoms with Crippen LogP contribution >= 0.6 is 0 Å². The molecule has 0 bridgehead atoms. The molecule has 3 nitrogen and oxygen atoms in total. The number of benzene rings is 1. The zero-order valence-electron chi connectivity index (χ0n) is 11.2. The molecule has 1 atom stereocenters. The standard InChI is InChI=1S/C15H24N2O/c1-12(13-7-8-13)17-11-14-5-2-3-6-15(14)18-10-4-9-16/h2-3,5-6,12-13,17H,4,7-11,16H2,1H3. The molecule has 3 N–H and O–H groups in total. The zero-order chi connectivity index (χ0) is 12.8. The molecule has 0 heterocycles. The molecule has 1 aromatic rings. The van der Waals surface area contributed by atoms with Crippen LogP contribution in [0.15, 0.2) is 24.3 Å². The van der Waals surface area contributed by atoms with Crippen LogP contribution in [0.3, 0.4) is 0 Å². The molecule has 1 saturated carbocycles. The summed E-state index contributed by atoms with van der Waals surface area (Å²) in [6.45, 7) is 4.54. The third-order valence-corrected chi connectivity index (χ3v) is 3.52. The summed E-state index contributed by atoms with van der Waals surface area (Å²) in [5, 5.41) is 3.59. The van der Waals surface area contributed by atoms with Crippen molar-refractivity contribution in [2.45, 2.75) is 38.8 Å². The van der Waals surface area contributed by atoms with Crippen LogP contribution in [0.4, 0.5) is 0 Å². The minimum Gasteiger partial charge on any atom is -0.493 e. The van der Waals surface area contributed by atoms with Crippen LogP contribution in [-0.2, 0) is 6.54 Å². The Morgan fingerprint density at radius 2 is 2.17 bits per heavy atom. The Labute approximate surface area is 110 Å². The summed E-state index contributed by atoms with van der Waals surface area (Å²) in [7, 11) is 0. The monoisotopic (exact) mass is 248 g/mol. The highest BCUT2D eigenvalue weighted by molar-refractivity contribution is 5.33. The third-order valence-electron chi connectivity index (χ3n) is 3.52. The predicted molar refractivity (Wildman–Crippen MR) is 74.6 cm³/mol. The number of hydrogen-bond donors (Lipinski definition) is 2. The van der Waals surface area contributed by atoms with Crippen molar-refractivity contribution >= 4 is 0 Å². The van der Waals surface area contributed by atoms with Crippen LogP contribution in [0.5, 0.6) is 5.75 Å². The summed E-state index contributed by atoms with van der Waals surface area (Å²) in [5.41, 5.74) is 6.71. The van der Waals surface area contributed by atoms with E-state index in [1.165, 1.54) is 18.4 Å². The van der Waals surface area contributed by atoms with E-state index in [9.17, 15) is 0 Å². The second-order valence-electron chi connectivity index (χ2n) is 5.11. The van der Waals surface area contributed by atoms with E-state index in [-0.39, 0.29) is 0 Å². The highest BCUT2D eigenvalue weighted by atomic mass is 16.5. The average molecular weight is 248 g/mol. The second-order valence-corrected chi connectivity index (χ2v) is 5.11. The second kappa shape index (κ2) is 6.76. The van der Waals surface area contributed by atoms with Crippen molar-refractivity contribution in [1.29, 1.82) is 0 Å². The molecule has 1 aromatic carbocycles. The van der Waals surface area contributed by atoms with Gasteiger partial charge in [0.15, 0.2) is 0 Å². The average Bonchev–Trinajstić information content (AvgIpc) is 3.22. The van der Waals surface area contributed by atoms with Crippen LogP contribution in [0, 0.1) is 5.92 Å². The molecule has 18 heavy (non-hydrogen) atoms. The number of para-hydroxylation sites is 1. The van der Waals surface area contributed by atoms with Gasteiger partial charge in [-0.25, -0.2) is 0 Å². The quantitative estimate of drug-likeness (QED) is 0.694. The summed E-state index contributed by atoms with van der Waals surface area (Å²) >= 11 is 0. The molecular formula is C15H24N2O. The normalized spacial score (nSPS) is 16.6. The van der Waals surface area contributed by atoms with Gasteiger partial charge in [-0.2, -0.15) is 0 Å². The van der Waals surface area contributed by atoms with Crippen molar-refractivity contribution in [3.8, 4) is 5.75 Å². The molecule has 0 aliphatic heterocycles. The van der Waals surface area contributed by atoms with Crippen LogP contribution in [0.2, 0.25) is 0 Å². The molecular weight excluding hydrogens is 224 g/mol. The van der Waals surface area contributed by atoms with Gasteiger partial charge in [-0.15, -0.1) is 0 Å². The molecule has 1 fully saturated rings. The summed E-state index contributed by atoms with van der Waals surface area (Å²) in [6.07, 6.45) is 3.66. The Morgan fingerprint density at radius 1 is 1.39 bits per heavy atom. The van der Waals surface area contributed by atoms with E-state index in [1.807, 2.05) is 12.1 Å². The number of nitrogens with one attached hydrogen (secondary N) is 1. The van der Waals surface area contributed by atoms with E-state index in [1.54, 1.807) is 0 Å². The van der Waals surface area contributed by atoms with Crippen molar-refractivity contribution in [2.75, 3.05) is 13.2 Å². The lowest BCUT2D eigenvalue weighted by Gasteiger charge is -2.15. The van der Waals surface area contributed by atoms with Gasteiger partial charge in [0, 0.05) is 18.2 Å². The van der Waals surface area contributed by atoms with Crippen LogP contribution in [-0.4, -0.2) is 19.2 Å². The highest BCUT2D eigenvalue weighted by Gasteiger charge is 2.27. The van der Waals surface area contributed by atoms with Gasteiger partial charge >= 0.3 is 0 Å². The molecule has 0 spiro atoms. The van der Waals surface area contributed by atoms with E-state index >= 15 is 0 Å². The number of nitrogens with two attached hydrogens (primary N) is 1. The van der Waals surface area contributed by atoms with E-state index in [0.717, 1.165) is 24.6 Å². The van der Waals surface area contributed by atoms with Gasteiger partial charge in [-0.3, -0.25) is 0 Å². The van der Waals surface area contributed by atoms with E-state index < -0.39 is 0 Å². The molecule has 1 aliphatic carbocycles. The molecule has 0 radical (unpaired) electrons. The SMILES string of the molecule is CC(NCc1ccccc1OCCCN)C1CC1. The molecule has 0 amide bonds. The first-order valence-corrected chi connectivity index (χ1v) is 6.95. The maximum atomic E-state index is 5.77. The lowest BCUT2D eigenvalue weighted by molar-refractivity contribution is 0.308. The van der Waals surface area contributed by atoms with Crippen molar-refractivity contribution < 1.29 is 4.74 Å². The van der Waals surface area contributed by atoms with E-state index in [2.05, 4.69) is 24.4 Å². The summed E-state index contributed by atoms with van der Waals surface area (Å²) in [6, 6.07) is 8.86. The maximum Gasteiger partial charge on any atom is 0.123 e. The molecule has 100 valence electrons. The van der Waals surface area contributed by atoms with Gasteiger partial charge in [-0.1, -0.05) is 18.2 Å². The summed E-state index contributed by atoms with van der Waals surface area (Å²) in [5.74, 6) is 1.87. The summed E-state index contributed by atoms with van der Waals surface area (Å²) in [4.78, 5) is 0. The fraction of sp³-hybridized carbons (Fsp3) is 0.600. The zero-order valence-corrected chi connectivity index (χ0v) is 11.2. The molecule has 0 aromatic heterocycles. The van der Waals surface area contributed by atoms with Gasteiger partial charge < -0.3 is 15.8 Å². The smallest absolute Gasteiger partial charge is 0.123 e. The molecule has 3 heteroatoms. The van der Waals surface area contributed by atoms with Gasteiger partial charge in [0.05, 0.1) is 6.61 Å². The first-order chi connectivity index (χ1) is 8.81. The molecule has 2 rings (SSSR count). The van der Waals surface area contributed by atoms with Crippen molar-refractivity contribution in [3.05, 3.63) is 29.8 Å². The van der Waals surface area contributed by atoms with Crippen LogP contribution in [0.25, 0.3) is 0 Å². The minimum atomic E-state index is 0.613. The molecule has 1 aliphatic rings. The van der Waals surface area contributed by atoms with Crippen LogP contribution < -0.4 is 15.8 Å². The fourth-order valence-corrected chi connectivity index (χ4v) is 2.09. The highest BCUT2D eigenvalue weighted by Crippen LogP contribution is 2.32. The lowest BCUT2D eigenvalue weighted by Crippen LogP contribution is -2.27. The topological polar surface area (TPSA) is 47.3 Å². The maximum absolute atomic E-state index is 5.77. The first-order valence-electron chi connectivity index (χ1n) is 6.95. The van der Waals surface area contributed by atoms with Crippen molar-refractivity contribution in [2.24, 2.45) is 11.7 Å². The molecule has 1 unspecified atom stereocenters. The van der Waals surface area contributed by atoms with Gasteiger partial charge in [0.25, 0.3) is 0 Å². The number of ether oxygens (including phenoxy) is 1. The predicted octanol–water partition coefficient (Wildman–Crippen LogP) is 2.30.